The zero-order valence-corrected chi connectivity index (χ0v) is 11.3. The highest BCUT2D eigenvalue weighted by molar-refractivity contribution is 5.83. The van der Waals surface area contributed by atoms with Gasteiger partial charge in [0.15, 0.2) is 0 Å². The number of nitrogen functional groups attached to an aromatic ring is 1. The van der Waals surface area contributed by atoms with Crippen LogP contribution in [0.25, 0.3) is 0 Å². The molecular formula is C14H20FNO2. The van der Waals surface area contributed by atoms with Gasteiger partial charge in [-0.3, -0.25) is 4.79 Å². The fourth-order valence-corrected chi connectivity index (χ4v) is 1.89. The fraction of sp³-hybridized carbons (Fsp3) is 0.500. The summed E-state index contributed by atoms with van der Waals surface area (Å²) in [5, 5.41) is 0. The largest absolute Gasteiger partial charge is 0.465 e. The average molecular weight is 253 g/mol. The molecule has 0 aromatic heterocycles. The third-order valence-electron chi connectivity index (χ3n) is 3.41. The van der Waals surface area contributed by atoms with Crippen molar-refractivity contribution in [2.24, 2.45) is 5.92 Å². The van der Waals surface area contributed by atoms with E-state index in [-0.39, 0.29) is 12.5 Å². The lowest BCUT2D eigenvalue weighted by atomic mass is 9.73. The Morgan fingerprint density at radius 2 is 2.11 bits per heavy atom. The van der Waals surface area contributed by atoms with E-state index in [2.05, 4.69) is 0 Å². The Kier molecular flexibility index (Phi) is 4.33. The molecule has 1 rings (SSSR count). The maximum Gasteiger partial charge on any atom is 0.316 e. The maximum atomic E-state index is 14.0. The second-order valence-electron chi connectivity index (χ2n) is 4.82. The summed E-state index contributed by atoms with van der Waals surface area (Å²) in [7, 11) is 0. The maximum absolute atomic E-state index is 14.0. The van der Waals surface area contributed by atoms with Gasteiger partial charge in [-0.15, -0.1) is 0 Å². The number of hydrogen-bond acceptors (Lipinski definition) is 3. The van der Waals surface area contributed by atoms with Gasteiger partial charge in [-0.05, 0) is 31.9 Å². The van der Waals surface area contributed by atoms with Gasteiger partial charge in [-0.25, -0.2) is 4.39 Å². The third-order valence-corrected chi connectivity index (χ3v) is 3.41. The molecule has 0 aliphatic rings. The van der Waals surface area contributed by atoms with Crippen LogP contribution in [0, 0.1) is 11.7 Å². The lowest BCUT2D eigenvalue weighted by Gasteiger charge is -2.32. The van der Waals surface area contributed by atoms with Crippen molar-refractivity contribution < 1.29 is 13.9 Å². The zero-order valence-electron chi connectivity index (χ0n) is 11.3. The van der Waals surface area contributed by atoms with Crippen molar-refractivity contribution in [3.63, 3.8) is 0 Å². The number of esters is 1. The van der Waals surface area contributed by atoms with Crippen molar-refractivity contribution in [1.82, 2.24) is 0 Å². The van der Waals surface area contributed by atoms with Gasteiger partial charge < -0.3 is 10.5 Å². The standard InChI is InChI=1S/C14H20FNO2/c1-5-18-13(17)14(4,9(2)3)11-7-6-10(16)8-12(11)15/h6-9H,5,16H2,1-4H3. The minimum atomic E-state index is -1.01. The highest BCUT2D eigenvalue weighted by Crippen LogP contribution is 2.35. The first-order valence-electron chi connectivity index (χ1n) is 6.06. The Bertz CT molecular complexity index is 445. The van der Waals surface area contributed by atoms with Gasteiger partial charge in [-0.1, -0.05) is 19.9 Å². The molecule has 0 bridgehead atoms. The van der Waals surface area contributed by atoms with Crippen LogP contribution in [-0.2, 0) is 14.9 Å². The number of halogens is 1. The number of rotatable bonds is 4. The second-order valence-corrected chi connectivity index (χ2v) is 4.82. The molecule has 0 aliphatic carbocycles. The van der Waals surface area contributed by atoms with Gasteiger partial charge in [0.05, 0.1) is 12.0 Å². The van der Waals surface area contributed by atoms with E-state index in [1.54, 1.807) is 26.0 Å². The summed E-state index contributed by atoms with van der Waals surface area (Å²) in [5.41, 5.74) is 5.18. The summed E-state index contributed by atoms with van der Waals surface area (Å²) in [5.74, 6) is -0.974. The molecule has 1 aromatic rings. The molecule has 0 amide bonds. The second kappa shape index (κ2) is 5.38. The van der Waals surface area contributed by atoms with Crippen LogP contribution >= 0.6 is 0 Å². The van der Waals surface area contributed by atoms with E-state index in [0.717, 1.165) is 0 Å². The Morgan fingerprint density at radius 1 is 1.50 bits per heavy atom. The van der Waals surface area contributed by atoms with E-state index in [0.29, 0.717) is 11.3 Å². The first-order valence-corrected chi connectivity index (χ1v) is 6.06. The van der Waals surface area contributed by atoms with E-state index >= 15 is 0 Å². The van der Waals surface area contributed by atoms with Crippen LogP contribution in [0.1, 0.15) is 33.3 Å². The molecule has 18 heavy (non-hydrogen) atoms. The van der Waals surface area contributed by atoms with E-state index in [1.165, 1.54) is 6.07 Å². The fourth-order valence-electron chi connectivity index (χ4n) is 1.89. The quantitative estimate of drug-likeness (QED) is 0.663. The van der Waals surface area contributed by atoms with Crippen LogP contribution in [0.2, 0.25) is 0 Å². The van der Waals surface area contributed by atoms with Crippen molar-refractivity contribution >= 4 is 11.7 Å². The number of hydrogen-bond donors (Lipinski definition) is 1. The van der Waals surface area contributed by atoms with Crippen molar-refractivity contribution in [2.45, 2.75) is 33.1 Å². The molecule has 1 atom stereocenters. The summed E-state index contributed by atoms with van der Waals surface area (Å²) in [6, 6.07) is 4.38. The smallest absolute Gasteiger partial charge is 0.316 e. The number of carbonyl (C=O) groups is 1. The van der Waals surface area contributed by atoms with E-state index in [9.17, 15) is 9.18 Å². The Hall–Kier alpha value is -1.58. The minimum absolute atomic E-state index is 0.0883. The van der Waals surface area contributed by atoms with Gasteiger partial charge in [-0.2, -0.15) is 0 Å². The first-order chi connectivity index (χ1) is 8.33. The number of nitrogens with two attached hydrogens (primary N) is 1. The summed E-state index contributed by atoms with van der Waals surface area (Å²) in [4.78, 5) is 12.1. The first kappa shape index (κ1) is 14.5. The molecule has 1 aromatic carbocycles. The van der Waals surface area contributed by atoms with Crippen LogP contribution in [0.4, 0.5) is 10.1 Å². The van der Waals surface area contributed by atoms with Crippen LogP contribution < -0.4 is 5.73 Å². The summed E-state index contributed by atoms with van der Waals surface area (Å²) < 4.78 is 19.1. The van der Waals surface area contributed by atoms with E-state index < -0.39 is 17.2 Å². The molecule has 3 nitrogen and oxygen atoms in total. The van der Waals surface area contributed by atoms with Crippen LogP contribution in [-0.4, -0.2) is 12.6 Å². The molecule has 1 unspecified atom stereocenters. The van der Waals surface area contributed by atoms with Crippen LogP contribution in [0.15, 0.2) is 18.2 Å². The normalized spacial score (nSPS) is 14.3. The molecule has 0 radical (unpaired) electrons. The molecular weight excluding hydrogens is 233 g/mol. The number of ether oxygens (including phenoxy) is 1. The lowest BCUT2D eigenvalue weighted by Crippen LogP contribution is -2.40. The Morgan fingerprint density at radius 3 is 2.56 bits per heavy atom. The van der Waals surface area contributed by atoms with Gasteiger partial charge in [0.1, 0.15) is 5.82 Å². The molecule has 4 heteroatoms. The molecule has 0 saturated heterocycles. The average Bonchev–Trinajstić information content (AvgIpc) is 2.28. The highest BCUT2D eigenvalue weighted by Gasteiger charge is 2.41. The number of benzene rings is 1. The van der Waals surface area contributed by atoms with E-state index in [4.69, 9.17) is 10.5 Å². The Balaban J connectivity index is 3.31. The Labute approximate surface area is 107 Å². The van der Waals surface area contributed by atoms with E-state index in [1.807, 2.05) is 13.8 Å². The predicted octanol–water partition coefficient (Wildman–Crippen LogP) is 2.88. The zero-order chi connectivity index (χ0) is 13.9. The monoisotopic (exact) mass is 253 g/mol. The van der Waals surface area contributed by atoms with Gasteiger partial charge >= 0.3 is 5.97 Å². The molecule has 0 saturated carbocycles. The lowest BCUT2D eigenvalue weighted by molar-refractivity contribution is -0.151. The SMILES string of the molecule is CCOC(=O)C(C)(c1ccc(N)cc1F)C(C)C. The molecule has 0 fully saturated rings. The topological polar surface area (TPSA) is 52.3 Å². The van der Waals surface area contributed by atoms with Gasteiger partial charge in [0, 0.05) is 11.3 Å². The van der Waals surface area contributed by atoms with Crippen molar-refractivity contribution in [3.05, 3.63) is 29.6 Å². The number of carbonyl (C=O) groups excluding carboxylic acids is 1. The molecule has 0 aliphatic heterocycles. The third kappa shape index (κ3) is 2.47. The summed E-state index contributed by atoms with van der Waals surface area (Å²) >= 11 is 0. The molecule has 100 valence electrons. The molecule has 0 heterocycles. The van der Waals surface area contributed by atoms with Crippen molar-refractivity contribution in [3.8, 4) is 0 Å². The summed E-state index contributed by atoms with van der Waals surface area (Å²) in [6.45, 7) is 7.44. The van der Waals surface area contributed by atoms with Crippen molar-refractivity contribution in [1.29, 1.82) is 0 Å². The molecule has 0 spiro atoms. The van der Waals surface area contributed by atoms with Gasteiger partial charge in [0.2, 0.25) is 0 Å². The minimum Gasteiger partial charge on any atom is -0.465 e. The van der Waals surface area contributed by atoms with Crippen LogP contribution in [0.3, 0.4) is 0 Å². The van der Waals surface area contributed by atoms with Crippen LogP contribution in [0.5, 0.6) is 0 Å². The number of anilines is 1. The summed E-state index contributed by atoms with van der Waals surface area (Å²) in [6.07, 6.45) is 0. The van der Waals surface area contributed by atoms with Gasteiger partial charge in [0.25, 0.3) is 0 Å². The highest BCUT2D eigenvalue weighted by atomic mass is 19.1. The predicted molar refractivity (Wildman–Crippen MR) is 69.6 cm³/mol. The molecule has 2 N–H and O–H groups in total. The van der Waals surface area contributed by atoms with Crippen molar-refractivity contribution in [2.75, 3.05) is 12.3 Å².